The molecule has 0 aliphatic heterocycles. The summed E-state index contributed by atoms with van der Waals surface area (Å²) in [5.74, 6) is -1.02. The molecule has 1 aromatic heterocycles. The van der Waals surface area contributed by atoms with E-state index in [9.17, 15) is 9.59 Å². The van der Waals surface area contributed by atoms with Gasteiger partial charge < -0.3 is 10.0 Å². The van der Waals surface area contributed by atoms with Crippen LogP contribution in [0.25, 0.3) is 0 Å². The van der Waals surface area contributed by atoms with Crippen molar-refractivity contribution in [3.05, 3.63) is 18.0 Å². The van der Waals surface area contributed by atoms with Crippen LogP contribution in [0, 0.1) is 0 Å². The van der Waals surface area contributed by atoms with Crippen LogP contribution in [0.2, 0.25) is 0 Å². The predicted octanol–water partition coefficient (Wildman–Crippen LogP) is 1.93. The summed E-state index contributed by atoms with van der Waals surface area (Å²) in [5, 5.41) is 13.0. The zero-order valence-corrected chi connectivity index (χ0v) is 11.8. The molecule has 1 amide bonds. The molecule has 6 heteroatoms. The number of hydrogen-bond donors (Lipinski definition) is 1. The lowest BCUT2D eigenvalue weighted by Crippen LogP contribution is -2.34. The first kappa shape index (κ1) is 14.6. The van der Waals surface area contributed by atoms with Crippen molar-refractivity contribution in [3.8, 4) is 0 Å². The van der Waals surface area contributed by atoms with E-state index < -0.39 is 5.97 Å². The second-order valence-corrected chi connectivity index (χ2v) is 5.13. The van der Waals surface area contributed by atoms with Crippen LogP contribution in [0.15, 0.2) is 12.3 Å². The maximum Gasteiger partial charge on any atom is 0.305 e. The molecule has 1 aliphatic carbocycles. The van der Waals surface area contributed by atoms with Gasteiger partial charge in [-0.2, -0.15) is 5.10 Å². The molecule has 1 N–H and O–H groups in total. The lowest BCUT2D eigenvalue weighted by atomic mass is 10.2. The Balaban J connectivity index is 2.11. The zero-order chi connectivity index (χ0) is 14.5. The molecule has 1 saturated carbocycles. The third kappa shape index (κ3) is 3.18. The topological polar surface area (TPSA) is 75.4 Å². The Kier molecular flexibility index (Phi) is 4.76. The van der Waals surface area contributed by atoms with Crippen molar-refractivity contribution in [2.45, 2.75) is 45.1 Å². The number of carboxylic acid groups (broad SMARTS) is 1. The molecule has 20 heavy (non-hydrogen) atoms. The van der Waals surface area contributed by atoms with E-state index in [1.807, 2.05) is 11.6 Å². The molecule has 6 nitrogen and oxygen atoms in total. The lowest BCUT2D eigenvalue weighted by Gasteiger charge is -2.22. The Morgan fingerprint density at radius 3 is 2.75 bits per heavy atom. The zero-order valence-electron chi connectivity index (χ0n) is 11.8. The first-order valence-corrected chi connectivity index (χ1v) is 7.18. The number of carbonyl (C=O) groups is 2. The standard InChI is InChI=1S/C14H21N3O3/c1-2-16(10-8-13(18)19)14(20)12-7-9-15-17(12)11-5-3-4-6-11/h7,9,11H,2-6,8,10H2,1H3,(H,18,19). The minimum Gasteiger partial charge on any atom is -0.481 e. The van der Waals surface area contributed by atoms with Crippen LogP contribution in [0.3, 0.4) is 0 Å². The van der Waals surface area contributed by atoms with Gasteiger partial charge in [0.15, 0.2) is 0 Å². The van der Waals surface area contributed by atoms with Gasteiger partial charge in [0.25, 0.3) is 5.91 Å². The lowest BCUT2D eigenvalue weighted by molar-refractivity contribution is -0.137. The van der Waals surface area contributed by atoms with Crippen LogP contribution >= 0.6 is 0 Å². The van der Waals surface area contributed by atoms with Gasteiger partial charge >= 0.3 is 5.97 Å². The van der Waals surface area contributed by atoms with E-state index in [0.717, 1.165) is 12.8 Å². The first-order valence-electron chi connectivity index (χ1n) is 7.18. The Bertz CT molecular complexity index is 478. The van der Waals surface area contributed by atoms with E-state index in [4.69, 9.17) is 5.11 Å². The molecule has 0 saturated heterocycles. The Morgan fingerprint density at radius 2 is 2.15 bits per heavy atom. The summed E-state index contributed by atoms with van der Waals surface area (Å²) in [5.41, 5.74) is 0.573. The third-order valence-electron chi connectivity index (χ3n) is 3.82. The van der Waals surface area contributed by atoms with Crippen molar-refractivity contribution >= 4 is 11.9 Å². The van der Waals surface area contributed by atoms with E-state index in [1.54, 1.807) is 17.2 Å². The van der Waals surface area contributed by atoms with Crippen LogP contribution in [-0.2, 0) is 4.79 Å². The van der Waals surface area contributed by atoms with Crippen molar-refractivity contribution < 1.29 is 14.7 Å². The van der Waals surface area contributed by atoms with Gasteiger partial charge in [-0.05, 0) is 25.8 Å². The van der Waals surface area contributed by atoms with Crippen LogP contribution in [0.5, 0.6) is 0 Å². The van der Waals surface area contributed by atoms with Gasteiger partial charge in [-0.1, -0.05) is 12.8 Å². The van der Waals surface area contributed by atoms with E-state index >= 15 is 0 Å². The fraction of sp³-hybridized carbons (Fsp3) is 0.643. The number of carboxylic acids is 1. The molecule has 2 rings (SSSR count). The van der Waals surface area contributed by atoms with Crippen molar-refractivity contribution in [1.82, 2.24) is 14.7 Å². The van der Waals surface area contributed by atoms with Crippen LogP contribution in [-0.4, -0.2) is 44.8 Å². The van der Waals surface area contributed by atoms with E-state index in [2.05, 4.69) is 5.10 Å². The van der Waals surface area contributed by atoms with Crippen molar-refractivity contribution in [1.29, 1.82) is 0 Å². The number of rotatable bonds is 6. The molecule has 0 aromatic carbocycles. The molecule has 0 unspecified atom stereocenters. The number of aromatic nitrogens is 2. The summed E-state index contributed by atoms with van der Waals surface area (Å²) in [6.07, 6.45) is 6.09. The third-order valence-corrected chi connectivity index (χ3v) is 3.82. The maximum absolute atomic E-state index is 12.5. The van der Waals surface area contributed by atoms with Gasteiger partial charge in [0.05, 0.1) is 12.5 Å². The van der Waals surface area contributed by atoms with E-state index in [0.29, 0.717) is 18.3 Å². The molecule has 1 fully saturated rings. The largest absolute Gasteiger partial charge is 0.481 e. The smallest absolute Gasteiger partial charge is 0.305 e. The van der Waals surface area contributed by atoms with Gasteiger partial charge in [0.2, 0.25) is 0 Å². The van der Waals surface area contributed by atoms with Crippen LogP contribution < -0.4 is 0 Å². The van der Waals surface area contributed by atoms with Crippen LogP contribution in [0.1, 0.15) is 55.6 Å². The molecule has 1 aliphatic rings. The van der Waals surface area contributed by atoms with Gasteiger partial charge in [0.1, 0.15) is 5.69 Å². The molecule has 0 radical (unpaired) electrons. The highest BCUT2D eigenvalue weighted by Gasteiger charge is 2.25. The molecular weight excluding hydrogens is 258 g/mol. The molecule has 110 valence electrons. The Labute approximate surface area is 118 Å². The SMILES string of the molecule is CCN(CCC(=O)O)C(=O)c1ccnn1C1CCCC1. The van der Waals surface area contributed by atoms with Gasteiger partial charge in [-0.15, -0.1) is 0 Å². The highest BCUT2D eigenvalue weighted by atomic mass is 16.4. The quantitative estimate of drug-likeness (QED) is 0.863. The highest BCUT2D eigenvalue weighted by Crippen LogP contribution is 2.30. The summed E-state index contributed by atoms with van der Waals surface area (Å²) in [6, 6.07) is 2.03. The van der Waals surface area contributed by atoms with E-state index in [-0.39, 0.29) is 18.9 Å². The minimum absolute atomic E-state index is 0.0306. The summed E-state index contributed by atoms with van der Waals surface area (Å²) in [4.78, 5) is 24.7. The average molecular weight is 279 g/mol. The molecule has 0 atom stereocenters. The average Bonchev–Trinajstić information content (AvgIpc) is 3.09. The first-order chi connectivity index (χ1) is 9.63. The molecular formula is C14H21N3O3. The van der Waals surface area contributed by atoms with Crippen LogP contribution in [0.4, 0.5) is 0 Å². The van der Waals surface area contributed by atoms with Gasteiger partial charge in [-0.3, -0.25) is 14.3 Å². The number of amides is 1. The summed E-state index contributed by atoms with van der Waals surface area (Å²) in [7, 11) is 0. The normalized spacial score (nSPS) is 15.4. The van der Waals surface area contributed by atoms with Gasteiger partial charge in [-0.25, -0.2) is 0 Å². The van der Waals surface area contributed by atoms with Crippen molar-refractivity contribution in [2.75, 3.05) is 13.1 Å². The fourth-order valence-corrected chi connectivity index (χ4v) is 2.72. The predicted molar refractivity (Wildman–Crippen MR) is 73.6 cm³/mol. The highest BCUT2D eigenvalue weighted by molar-refractivity contribution is 5.92. The Hall–Kier alpha value is -1.85. The number of aliphatic carboxylic acids is 1. The molecule has 1 aromatic rings. The Morgan fingerprint density at radius 1 is 1.45 bits per heavy atom. The van der Waals surface area contributed by atoms with Crippen molar-refractivity contribution in [3.63, 3.8) is 0 Å². The van der Waals surface area contributed by atoms with Gasteiger partial charge in [0, 0.05) is 19.3 Å². The van der Waals surface area contributed by atoms with E-state index in [1.165, 1.54) is 12.8 Å². The summed E-state index contributed by atoms with van der Waals surface area (Å²) < 4.78 is 1.82. The molecule has 0 bridgehead atoms. The summed E-state index contributed by atoms with van der Waals surface area (Å²) in [6.45, 7) is 2.60. The number of nitrogens with zero attached hydrogens (tertiary/aromatic N) is 3. The second kappa shape index (κ2) is 6.54. The maximum atomic E-state index is 12.5. The number of carbonyl (C=O) groups excluding carboxylic acids is 1. The molecule has 1 heterocycles. The second-order valence-electron chi connectivity index (χ2n) is 5.13. The van der Waals surface area contributed by atoms with Crippen molar-refractivity contribution in [2.24, 2.45) is 0 Å². The molecule has 0 spiro atoms. The monoisotopic (exact) mass is 279 g/mol. The fourth-order valence-electron chi connectivity index (χ4n) is 2.72. The minimum atomic E-state index is -0.888. The number of hydrogen-bond acceptors (Lipinski definition) is 3. The summed E-state index contributed by atoms with van der Waals surface area (Å²) >= 11 is 0.